The molecule has 0 heterocycles. The van der Waals surface area contributed by atoms with Crippen LogP contribution in [-0.2, 0) is 0 Å². The average molecular weight is 135 g/mol. The van der Waals surface area contributed by atoms with Crippen LogP contribution in [0.2, 0.25) is 0 Å². The first-order valence-corrected chi connectivity index (χ1v) is 4.75. The predicted octanol–water partition coefficient (Wildman–Crippen LogP) is 2.79. The van der Waals surface area contributed by atoms with Crippen LogP contribution in [-0.4, -0.2) is 0 Å². The molecule has 2 bridgehead atoms. The van der Waals surface area contributed by atoms with Gasteiger partial charge in [-0.25, -0.2) is 0 Å². The van der Waals surface area contributed by atoms with Crippen molar-refractivity contribution >= 4 is 0 Å². The highest BCUT2D eigenvalue weighted by Gasteiger charge is 2.53. The van der Waals surface area contributed by atoms with Crippen molar-refractivity contribution in [2.24, 2.45) is 17.3 Å². The minimum absolute atomic E-state index is 0.808. The summed E-state index contributed by atoms with van der Waals surface area (Å²) in [4.78, 5) is 0. The van der Waals surface area contributed by atoms with E-state index in [-0.39, 0.29) is 0 Å². The summed E-state index contributed by atoms with van der Waals surface area (Å²) in [6, 6.07) is 0. The molecule has 55 valence electrons. The molecule has 3 fully saturated rings. The molecule has 10 heavy (non-hydrogen) atoms. The van der Waals surface area contributed by atoms with Crippen LogP contribution < -0.4 is 0 Å². The molecular formula is C10H15. The third-order valence-electron chi connectivity index (χ3n) is 4.14. The molecule has 0 N–H and O–H groups in total. The van der Waals surface area contributed by atoms with Crippen LogP contribution in [0.4, 0.5) is 0 Å². The maximum absolute atomic E-state index is 2.71. The Morgan fingerprint density at radius 3 is 2.40 bits per heavy atom. The molecule has 0 nitrogen and oxygen atoms in total. The maximum Gasteiger partial charge on any atom is -0.0235 e. The first kappa shape index (κ1) is 5.62. The lowest BCUT2D eigenvalue weighted by Crippen LogP contribution is -2.35. The number of fused-ring (bicyclic) bond motifs is 3. The second-order valence-corrected chi connectivity index (χ2v) is 4.52. The second kappa shape index (κ2) is 1.60. The van der Waals surface area contributed by atoms with E-state index in [1.54, 1.807) is 12.8 Å². The zero-order valence-corrected chi connectivity index (χ0v) is 6.47. The van der Waals surface area contributed by atoms with Crippen molar-refractivity contribution in [1.82, 2.24) is 0 Å². The number of rotatable bonds is 0. The van der Waals surface area contributed by atoms with Gasteiger partial charge in [0.1, 0.15) is 0 Å². The van der Waals surface area contributed by atoms with Gasteiger partial charge in [-0.1, -0.05) is 6.42 Å². The molecule has 3 aliphatic carbocycles. The van der Waals surface area contributed by atoms with Crippen LogP contribution in [0.25, 0.3) is 0 Å². The van der Waals surface area contributed by atoms with Gasteiger partial charge in [-0.2, -0.15) is 0 Å². The van der Waals surface area contributed by atoms with E-state index in [0.717, 1.165) is 17.3 Å². The zero-order chi connectivity index (χ0) is 6.60. The number of hydrogen-bond acceptors (Lipinski definition) is 0. The van der Waals surface area contributed by atoms with E-state index >= 15 is 0 Å². The van der Waals surface area contributed by atoms with Gasteiger partial charge >= 0.3 is 0 Å². The zero-order valence-electron chi connectivity index (χ0n) is 6.47. The molecule has 3 rings (SSSR count). The predicted molar refractivity (Wildman–Crippen MR) is 41.4 cm³/mol. The van der Waals surface area contributed by atoms with Crippen LogP contribution >= 0.6 is 0 Å². The molecule has 0 amide bonds. The van der Waals surface area contributed by atoms with Crippen molar-refractivity contribution in [3.05, 3.63) is 6.42 Å². The van der Waals surface area contributed by atoms with E-state index in [1.807, 2.05) is 0 Å². The molecule has 0 aromatic carbocycles. The van der Waals surface area contributed by atoms with E-state index in [1.165, 1.54) is 25.7 Å². The first-order valence-electron chi connectivity index (χ1n) is 4.75. The highest BCUT2D eigenvalue weighted by Crippen LogP contribution is 2.63. The molecule has 1 spiro atoms. The lowest BCUT2D eigenvalue weighted by atomic mass is 9.60. The third-order valence-corrected chi connectivity index (χ3v) is 4.14. The quantitative estimate of drug-likeness (QED) is 0.479. The highest BCUT2D eigenvalue weighted by molar-refractivity contribution is 5.14. The SMILES string of the molecule is [CH]1C2CCC(C2)C12CCC2. The van der Waals surface area contributed by atoms with E-state index < -0.39 is 0 Å². The Labute approximate surface area is 63.0 Å². The van der Waals surface area contributed by atoms with Crippen LogP contribution in [0.15, 0.2) is 0 Å². The van der Waals surface area contributed by atoms with E-state index in [9.17, 15) is 0 Å². The van der Waals surface area contributed by atoms with Crippen molar-refractivity contribution < 1.29 is 0 Å². The molecule has 1 radical (unpaired) electrons. The standard InChI is InChI=1S/C10H15/c1-4-10(5-1)7-8-2-3-9(10)6-8/h7-9H,1-6H2. The summed E-state index contributed by atoms with van der Waals surface area (Å²) in [6.07, 6.45) is 11.9. The van der Waals surface area contributed by atoms with E-state index in [4.69, 9.17) is 0 Å². The van der Waals surface area contributed by atoms with Gasteiger partial charge in [-0.15, -0.1) is 0 Å². The molecule has 2 unspecified atom stereocenters. The third kappa shape index (κ3) is 0.500. The van der Waals surface area contributed by atoms with Crippen LogP contribution in [0.1, 0.15) is 38.5 Å². The lowest BCUT2D eigenvalue weighted by Gasteiger charge is -2.45. The molecule has 2 atom stereocenters. The summed E-state index contributed by atoms with van der Waals surface area (Å²) in [5.74, 6) is 2.18. The molecule has 0 aliphatic heterocycles. The number of hydrogen-bond donors (Lipinski definition) is 0. The minimum Gasteiger partial charge on any atom is -0.0522 e. The van der Waals surface area contributed by atoms with Gasteiger partial charge in [-0.3, -0.25) is 0 Å². The van der Waals surface area contributed by atoms with Crippen molar-refractivity contribution in [1.29, 1.82) is 0 Å². The Morgan fingerprint density at radius 2 is 2.10 bits per heavy atom. The van der Waals surface area contributed by atoms with Crippen LogP contribution in [0.5, 0.6) is 0 Å². The van der Waals surface area contributed by atoms with Crippen molar-refractivity contribution in [3.8, 4) is 0 Å². The average Bonchev–Trinajstić information content (AvgIpc) is 2.40. The molecule has 3 saturated carbocycles. The van der Waals surface area contributed by atoms with Gasteiger partial charge < -0.3 is 0 Å². The van der Waals surface area contributed by atoms with Gasteiger partial charge in [0.2, 0.25) is 0 Å². The van der Waals surface area contributed by atoms with Gasteiger partial charge in [-0.05, 0) is 55.8 Å². The second-order valence-electron chi connectivity index (χ2n) is 4.52. The molecule has 0 saturated heterocycles. The van der Waals surface area contributed by atoms with Crippen LogP contribution in [0.3, 0.4) is 0 Å². The fraction of sp³-hybridized carbons (Fsp3) is 0.900. The van der Waals surface area contributed by atoms with Crippen LogP contribution in [0, 0.1) is 23.7 Å². The molecule has 0 aromatic rings. The molecule has 3 aliphatic rings. The maximum atomic E-state index is 2.71. The van der Waals surface area contributed by atoms with E-state index in [0.29, 0.717) is 0 Å². The highest BCUT2D eigenvalue weighted by atomic mass is 14.6. The summed E-state index contributed by atoms with van der Waals surface area (Å²) < 4.78 is 0. The fourth-order valence-electron chi connectivity index (χ4n) is 3.46. The summed E-state index contributed by atoms with van der Waals surface area (Å²) >= 11 is 0. The minimum atomic E-state index is 0.808. The van der Waals surface area contributed by atoms with E-state index in [2.05, 4.69) is 6.42 Å². The van der Waals surface area contributed by atoms with Gasteiger partial charge in [0.25, 0.3) is 0 Å². The van der Waals surface area contributed by atoms with Gasteiger partial charge in [0.05, 0.1) is 0 Å². The smallest absolute Gasteiger partial charge is 0.0235 e. The van der Waals surface area contributed by atoms with Crippen molar-refractivity contribution in [2.45, 2.75) is 38.5 Å². The largest absolute Gasteiger partial charge is 0.0522 e. The lowest BCUT2D eigenvalue weighted by molar-refractivity contribution is 0.104. The van der Waals surface area contributed by atoms with Gasteiger partial charge in [0, 0.05) is 0 Å². The summed E-state index contributed by atoms with van der Waals surface area (Å²) in [5, 5.41) is 0. The first-order chi connectivity index (χ1) is 4.89. The Kier molecular flexibility index (Phi) is 0.898. The Bertz CT molecular complexity index is 155. The Balaban J connectivity index is 1.89. The molecule has 0 heteroatoms. The normalized spacial score (nSPS) is 48.0. The fourth-order valence-corrected chi connectivity index (χ4v) is 3.46. The Hall–Kier alpha value is 0. The summed E-state index contributed by atoms with van der Waals surface area (Å²) in [7, 11) is 0. The summed E-state index contributed by atoms with van der Waals surface area (Å²) in [6.45, 7) is 0. The topological polar surface area (TPSA) is 0 Å². The van der Waals surface area contributed by atoms with Crippen molar-refractivity contribution in [2.75, 3.05) is 0 Å². The molecule has 0 aromatic heterocycles. The summed E-state index contributed by atoms with van der Waals surface area (Å²) in [5.41, 5.74) is 0.808. The molecular weight excluding hydrogens is 120 g/mol. The van der Waals surface area contributed by atoms with Gasteiger partial charge in [0.15, 0.2) is 0 Å². The Morgan fingerprint density at radius 1 is 1.20 bits per heavy atom. The van der Waals surface area contributed by atoms with Crippen molar-refractivity contribution in [3.63, 3.8) is 0 Å². The monoisotopic (exact) mass is 135 g/mol.